The summed E-state index contributed by atoms with van der Waals surface area (Å²) >= 11 is 0. The molecule has 2 amide bonds. The van der Waals surface area contributed by atoms with E-state index in [9.17, 15) is 19.7 Å². The summed E-state index contributed by atoms with van der Waals surface area (Å²) in [5.41, 5.74) is 0.538. The Morgan fingerprint density at radius 1 is 1.38 bits per heavy atom. The molecule has 8 heteroatoms. The van der Waals surface area contributed by atoms with Crippen LogP contribution in [0.25, 0.3) is 0 Å². The topological polar surface area (TPSA) is 122 Å². The van der Waals surface area contributed by atoms with Gasteiger partial charge in [0.2, 0.25) is 0 Å². The minimum atomic E-state index is -0.962. The standard InChI is InChI=1S/C13H17N3O5/c1-2-10(12(17)18)8-15-13(19)14-7-9-4-3-5-11(6-9)16(20)21/h3-6,10H,2,7-8H2,1H3,(H,17,18)(H2,14,15,19). The van der Waals surface area contributed by atoms with Crippen LogP contribution in [0.2, 0.25) is 0 Å². The molecule has 1 unspecified atom stereocenters. The third kappa shape index (κ3) is 5.47. The third-order valence-electron chi connectivity index (χ3n) is 2.93. The number of rotatable bonds is 7. The number of non-ortho nitro benzene ring substituents is 1. The first kappa shape index (κ1) is 16.4. The molecule has 114 valence electrons. The Labute approximate surface area is 121 Å². The lowest BCUT2D eigenvalue weighted by molar-refractivity contribution is -0.384. The minimum absolute atomic E-state index is 0.0343. The molecule has 0 aliphatic rings. The Balaban J connectivity index is 2.44. The summed E-state index contributed by atoms with van der Waals surface area (Å²) in [5, 5.41) is 24.4. The van der Waals surface area contributed by atoms with E-state index in [-0.39, 0.29) is 18.8 Å². The minimum Gasteiger partial charge on any atom is -0.481 e. The van der Waals surface area contributed by atoms with E-state index in [2.05, 4.69) is 10.6 Å². The van der Waals surface area contributed by atoms with Crippen LogP contribution in [0.4, 0.5) is 10.5 Å². The summed E-state index contributed by atoms with van der Waals surface area (Å²) in [5.74, 6) is -1.59. The number of hydrogen-bond donors (Lipinski definition) is 3. The van der Waals surface area contributed by atoms with Gasteiger partial charge in [-0.05, 0) is 12.0 Å². The molecule has 8 nitrogen and oxygen atoms in total. The van der Waals surface area contributed by atoms with Gasteiger partial charge in [0.1, 0.15) is 0 Å². The lowest BCUT2D eigenvalue weighted by atomic mass is 10.1. The van der Waals surface area contributed by atoms with Crippen LogP contribution in [0.15, 0.2) is 24.3 Å². The van der Waals surface area contributed by atoms with Crippen molar-refractivity contribution in [3.8, 4) is 0 Å². The zero-order chi connectivity index (χ0) is 15.8. The molecule has 1 rings (SSSR count). The SMILES string of the molecule is CCC(CNC(=O)NCc1cccc([N+](=O)[O-])c1)C(=O)O. The average Bonchev–Trinajstić information content (AvgIpc) is 2.45. The van der Waals surface area contributed by atoms with Gasteiger partial charge >= 0.3 is 12.0 Å². The van der Waals surface area contributed by atoms with Gasteiger partial charge in [0.15, 0.2) is 0 Å². The van der Waals surface area contributed by atoms with E-state index in [1.165, 1.54) is 18.2 Å². The van der Waals surface area contributed by atoms with Gasteiger partial charge in [-0.25, -0.2) is 4.79 Å². The number of nitro groups is 1. The van der Waals surface area contributed by atoms with Crippen LogP contribution < -0.4 is 10.6 Å². The number of carboxylic acid groups (broad SMARTS) is 1. The Hall–Kier alpha value is -2.64. The van der Waals surface area contributed by atoms with Gasteiger partial charge in [0.25, 0.3) is 5.69 Å². The quantitative estimate of drug-likeness (QED) is 0.520. The highest BCUT2D eigenvalue weighted by molar-refractivity contribution is 5.75. The van der Waals surface area contributed by atoms with Crippen molar-refractivity contribution < 1.29 is 19.6 Å². The van der Waals surface area contributed by atoms with Gasteiger partial charge in [-0.1, -0.05) is 19.1 Å². The molecule has 0 heterocycles. The number of amides is 2. The van der Waals surface area contributed by atoms with Gasteiger partial charge in [-0.2, -0.15) is 0 Å². The summed E-state index contributed by atoms with van der Waals surface area (Å²) in [7, 11) is 0. The molecule has 0 aliphatic carbocycles. The predicted octanol–water partition coefficient (Wildman–Crippen LogP) is 1.50. The second-order valence-electron chi connectivity index (χ2n) is 4.43. The van der Waals surface area contributed by atoms with Crippen molar-refractivity contribution in [1.29, 1.82) is 0 Å². The fourth-order valence-electron chi connectivity index (χ4n) is 1.65. The van der Waals surface area contributed by atoms with E-state index < -0.39 is 22.8 Å². The second kappa shape index (κ2) is 7.83. The lowest BCUT2D eigenvalue weighted by Crippen LogP contribution is -2.39. The number of nitrogens with one attached hydrogen (secondary N) is 2. The molecule has 0 aromatic heterocycles. The highest BCUT2D eigenvalue weighted by Crippen LogP contribution is 2.12. The molecule has 0 fully saturated rings. The van der Waals surface area contributed by atoms with Gasteiger partial charge in [-0.3, -0.25) is 14.9 Å². The molecule has 1 atom stereocenters. The van der Waals surface area contributed by atoms with Crippen molar-refractivity contribution in [1.82, 2.24) is 10.6 Å². The number of aliphatic carboxylic acids is 1. The van der Waals surface area contributed by atoms with E-state index in [4.69, 9.17) is 5.11 Å². The molecule has 0 saturated carbocycles. The van der Waals surface area contributed by atoms with E-state index in [1.807, 2.05) is 0 Å². The van der Waals surface area contributed by atoms with E-state index in [1.54, 1.807) is 13.0 Å². The molecule has 21 heavy (non-hydrogen) atoms. The van der Waals surface area contributed by atoms with Gasteiger partial charge < -0.3 is 15.7 Å². The van der Waals surface area contributed by atoms with Crippen molar-refractivity contribution in [2.24, 2.45) is 5.92 Å². The predicted molar refractivity (Wildman–Crippen MR) is 74.8 cm³/mol. The molecule has 0 aliphatic heterocycles. The number of nitro benzene ring substituents is 1. The van der Waals surface area contributed by atoms with Crippen LogP contribution in [0, 0.1) is 16.0 Å². The number of urea groups is 1. The summed E-state index contributed by atoms with van der Waals surface area (Å²) in [6.07, 6.45) is 0.417. The zero-order valence-corrected chi connectivity index (χ0v) is 11.5. The second-order valence-corrected chi connectivity index (χ2v) is 4.43. The van der Waals surface area contributed by atoms with E-state index in [0.29, 0.717) is 12.0 Å². The monoisotopic (exact) mass is 295 g/mol. The maximum atomic E-state index is 11.5. The first-order chi connectivity index (χ1) is 9.93. The van der Waals surface area contributed by atoms with Gasteiger partial charge in [0.05, 0.1) is 10.8 Å². The number of carbonyl (C=O) groups is 2. The van der Waals surface area contributed by atoms with Gasteiger partial charge in [-0.15, -0.1) is 0 Å². The highest BCUT2D eigenvalue weighted by atomic mass is 16.6. The van der Waals surface area contributed by atoms with Crippen LogP contribution in [0.5, 0.6) is 0 Å². The Bertz CT molecular complexity index is 532. The van der Waals surface area contributed by atoms with Crippen molar-refractivity contribution in [2.75, 3.05) is 6.54 Å². The van der Waals surface area contributed by atoms with Crippen LogP contribution >= 0.6 is 0 Å². The molecule has 0 bridgehead atoms. The maximum absolute atomic E-state index is 11.5. The molecular weight excluding hydrogens is 278 g/mol. The number of benzene rings is 1. The lowest BCUT2D eigenvalue weighted by Gasteiger charge is -2.12. The number of carbonyl (C=O) groups excluding carboxylic acids is 1. The summed E-state index contributed by atoms with van der Waals surface area (Å²) < 4.78 is 0. The molecular formula is C13H17N3O5. The molecule has 0 saturated heterocycles. The summed E-state index contributed by atoms with van der Waals surface area (Å²) in [6, 6.07) is 5.40. The maximum Gasteiger partial charge on any atom is 0.315 e. The summed E-state index contributed by atoms with van der Waals surface area (Å²) in [4.78, 5) is 32.4. The zero-order valence-electron chi connectivity index (χ0n) is 11.5. The molecule has 1 aromatic carbocycles. The van der Waals surface area contributed by atoms with Gasteiger partial charge in [0, 0.05) is 25.2 Å². The fraction of sp³-hybridized carbons (Fsp3) is 0.385. The van der Waals surface area contributed by atoms with Crippen molar-refractivity contribution >= 4 is 17.7 Å². The number of hydrogen-bond acceptors (Lipinski definition) is 4. The number of nitrogens with zero attached hydrogens (tertiary/aromatic N) is 1. The fourth-order valence-corrected chi connectivity index (χ4v) is 1.65. The summed E-state index contributed by atoms with van der Waals surface area (Å²) in [6.45, 7) is 1.88. The highest BCUT2D eigenvalue weighted by Gasteiger charge is 2.15. The van der Waals surface area contributed by atoms with Crippen LogP contribution in [0.3, 0.4) is 0 Å². The number of carboxylic acids is 1. The van der Waals surface area contributed by atoms with Crippen LogP contribution in [0.1, 0.15) is 18.9 Å². The molecule has 0 spiro atoms. The Morgan fingerprint density at radius 2 is 2.10 bits per heavy atom. The van der Waals surface area contributed by atoms with Crippen molar-refractivity contribution in [3.05, 3.63) is 39.9 Å². The first-order valence-electron chi connectivity index (χ1n) is 6.41. The van der Waals surface area contributed by atoms with Crippen LogP contribution in [-0.4, -0.2) is 28.6 Å². The third-order valence-corrected chi connectivity index (χ3v) is 2.93. The van der Waals surface area contributed by atoms with Crippen molar-refractivity contribution in [2.45, 2.75) is 19.9 Å². The Kier molecular flexibility index (Phi) is 6.12. The average molecular weight is 295 g/mol. The smallest absolute Gasteiger partial charge is 0.315 e. The van der Waals surface area contributed by atoms with E-state index in [0.717, 1.165) is 0 Å². The molecule has 3 N–H and O–H groups in total. The van der Waals surface area contributed by atoms with E-state index >= 15 is 0 Å². The van der Waals surface area contributed by atoms with Crippen molar-refractivity contribution in [3.63, 3.8) is 0 Å². The Morgan fingerprint density at radius 3 is 2.67 bits per heavy atom. The first-order valence-corrected chi connectivity index (χ1v) is 6.41. The molecule has 1 aromatic rings. The largest absolute Gasteiger partial charge is 0.481 e. The van der Waals surface area contributed by atoms with Crippen LogP contribution in [-0.2, 0) is 11.3 Å². The normalized spacial score (nSPS) is 11.5. The molecule has 0 radical (unpaired) electrons.